The maximum Gasteiger partial charge on any atom is 0.262 e. The molecular formula is C18H15IN2O. The van der Waals surface area contributed by atoms with E-state index in [2.05, 4.69) is 27.9 Å². The first-order valence-electron chi connectivity index (χ1n) is 6.83. The second-order valence-electron chi connectivity index (χ2n) is 4.83. The minimum absolute atomic E-state index is 0.101. The summed E-state index contributed by atoms with van der Waals surface area (Å²) < 4.78 is 1.11. The van der Waals surface area contributed by atoms with E-state index < -0.39 is 0 Å². The Labute approximate surface area is 143 Å². The van der Waals surface area contributed by atoms with Gasteiger partial charge in [0.15, 0.2) is 0 Å². The lowest BCUT2D eigenvalue weighted by Crippen LogP contribution is -2.27. The van der Waals surface area contributed by atoms with Crippen LogP contribution in [-0.4, -0.2) is 5.91 Å². The zero-order valence-electron chi connectivity index (χ0n) is 12.1. The van der Waals surface area contributed by atoms with E-state index in [1.54, 1.807) is 6.08 Å². The Morgan fingerprint density at radius 3 is 2.41 bits per heavy atom. The molecule has 2 aromatic rings. The predicted molar refractivity (Wildman–Crippen MR) is 95.7 cm³/mol. The fourth-order valence-electron chi connectivity index (χ4n) is 1.97. The molecule has 0 saturated carbocycles. The van der Waals surface area contributed by atoms with Crippen molar-refractivity contribution in [2.45, 2.75) is 13.0 Å². The van der Waals surface area contributed by atoms with Crippen molar-refractivity contribution < 1.29 is 4.79 Å². The molecule has 2 aromatic carbocycles. The summed E-state index contributed by atoms with van der Waals surface area (Å²) in [7, 11) is 0. The minimum Gasteiger partial charge on any atom is -0.345 e. The van der Waals surface area contributed by atoms with E-state index >= 15 is 0 Å². The van der Waals surface area contributed by atoms with Gasteiger partial charge in [0.2, 0.25) is 0 Å². The van der Waals surface area contributed by atoms with Crippen molar-refractivity contribution in [2.75, 3.05) is 0 Å². The number of nitriles is 1. The average molecular weight is 402 g/mol. The number of nitrogens with one attached hydrogen (secondary N) is 1. The van der Waals surface area contributed by atoms with E-state index in [0.717, 1.165) is 14.7 Å². The van der Waals surface area contributed by atoms with E-state index in [1.165, 1.54) is 0 Å². The van der Waals surface area contributed by atoms with Crippen LogP contribution in [0.4, 0.5) is 0 Å². The minimum atomic E-state index is -0.364. The van der Waals surface area contributed by atoms with Crippen LogP contribution in [0.5, 0.6) is 0 Å². The summed E-state index contributed by atoms with van der Waals surface area (Å²) in [6.07, 6.45) is 1.60. The Hall–Kier alpha value is -2.13. The van der Waals surface area contributed by atoms with Crippen molar-refractivity contribution in [1.82, 2.24) is 5.32 Å². The molecule has 1 amide bonds. The molecule has 0 aromatic heterocycles. The first-order chi connectivity index (χ1) is 10.6. The predicted octanol–water partition coefficient (Wildman–Crippen LogP) is 4.08. The smallest absolute Gasteiger partial charge is 0.262 e. The van der Waals surface area contributed by atoms with Gasteiger partial charge in [0, 0.05) is 3.57 Å². The van der Waals surface area contributed by atoms with Crippen molar-refractivity contribution in [3.63, 3.8) is 0 Å². The Morgan fingerprint density at radius 1 is 1.18 bits per heavy atom. The molecule has 3 nitrogen and oxygen atoms in total. The van der Waals surface area contributed by atoms with Gasteiger partial charge >= 0.3 is 0 Å². The summed E-state index contributed by atoms with van der Waals surface area (Å²) >= 11 is 2.21. The highest BCUT2D eigenvalue weighted by molar-refractivity contribution is 14.1. The third kappa shape index (κ3) is 4.43. The van der Waals surface area contributed by atoms with E-state index in [0.29, 0.717) is 0 Å². The molecule has 0 spiro atoms. The number of rotatable bonds is 4. The van der Waals surface area contributed by atoms with Gasteiger partial charge < -0.3 is 5.32 Å². The van der Waals surface area contributed by atoms with Crippen LogP contribution >= 0.6 is 22.6 Å². The lowest BCUT2D eigenvalue weighted by molar-refractivity contribution is -0.117. The molecule has 22 heavy (non-hydrogen) atoms. The second-order valence-corrected chi connectivity index (χ2v) is 6.07. The number of hydrogen-bond donors (Lipinski definition) is 1. The van der Waals surface area contributed by atoms with Crippen molar-refractivity contribution in [3.05, 3.63) is 74.9 Å². The molecule has 1 atom stereocenters. The molecule has 0 aliphatic carbocycles. The number of hydrogen-bond acceptors (Lipinski definition) is 2. The van der Waals surface area contributed by atoms with Crippen molar-refractivity contribution in [1.29, 1.82) is 5.26 Å². The largest absolute Gasteiger partial charge is 0.345 e. The lowest BCUT2D eigenvalue weighted by Gasteiger charge is -2.13. The van der Waals surface area contributed by atoms with Crippen LogP contribution in [0.1, 0.15) is 24.1 Å². The summed E-state index contributed by atoms with van der Waals surface area (Å²) in [4.78, 5) is 12.2. The van der Waals surface area contributed by atoms with Crippen molar-refractivity contribution in [2.24, 2.45) is 0 Å². The van der Waals surface area contributed by atoms with Gasteiger partial charge in [-0.15, -0.1) is 0 Å². The molecule has 0 fully saturated rings. The summed E-state index contributed by atoms with van der Waals surface area (Å²) in [6.45, 7) is 1.90. The second kappa shape index (κ2) is 7.76. The van der Waals surface area contributed by atoms with Gasteiger partial charge in [-0.05, 0) is 58.9 Å². The Balaban J connectivity index is 2.12. The fourth-order valence-corrected chi connectivity index (χ4v) is 2.33. The highest BCUT2D eigenvalue weighted by Gasteiger charge is 2.13. The molecule has 0 aliphatic heterocycles. The van der Waals surface area contributed by atoms with Gasteiger partial charge in [-0.2, -0.15) is 5.26 Å². The molecule has 0 aliphatic rings. The first-order valence-corrected chi connectivity index (χ1v) is 7.91. The normalized spacial score (nSPS) is 12.3. The van der Waals surface area contributed by atoms with E-state index in [-0.39, 0.29) is 17.5 Å². The number of halogens is 1. The molecule has 0 bridgehead atoms. The highest BCUT2D eigenvalue weighted by Crippen LogP contribution is 2.14. The molecule has 0 saturated heterocycles. The quantitative estimate of drug-likeness (QED) is 0.476. The Bertz CT molecular complexity index is 715. The molecule has 4 heteroatoms. The van der Waals surface area contributed by atoms with Crippen molar-refractivity contribution in [3.8, 4) is 6.07 Å². The number of carbonyl (C=O) groups is 1. The summed E-state index contributed by atoms with van der Waals surface area (Å²) in [5, 5.41) is 12.1. The third-order valence-electron chi connectivity index (χ3n) is 3.19. The molecule has 1 N–H and O–H groups in total. The summed E-state index contributed by atoms with van der Waals surface area (Å²) in [5.74, 6) is -0.364. The van der Waals surface area contributed by atoms with Gasteiger partial charge in [0.05, 0.1) is 6.04 Å². The third-order valence-corrected chi connectivity index (χ3v) is 3.91. The number of benzene rings is 2. The summed E-state index contributed by atoms with van der Waals surface area (Å²) in [5.41, 5.74) is 1.94. The first kappa shape index (κ1) is 16.2. The fraction of sp³-hybridized carbons (Fsp3) is 0.111. The standard InChI is InChI=1S/C18H15IN2O/c1-13(15-5-3-2-4-6-15)21-18(22)16(12-20)11-14-7-9-17(19)10-8-14/h2-11,13H,1H3,(H,21,22)/b16-11-/t13-/m1/s1. The van der Waals surface area contributed by atoms with Crippen LogP contribution in [0.25, 0.3) is 6.08 Å². The maximum atomic E-state index is 12.2. The number of amides is 1. The van der Waals surface area contributed by atoms with E-state index in [4.69, 9.17) is 0 Å². The zero-order chi connectivity index (χ0) is 15.9. The Kier molecular flexibility index (Phi) is 5.73. The van der Waals surface area contributed by atoms with Crippen LogP contribution < -0.4 is 5.32 Å². The van der Waals surface area contributed by atoms with Gasteiger partial charge in [0.1, 0.15) is 11.6 Å². The molecule has 2 rings (SSSR count). The zero-order valence-corrected chi connectivity index (χ0v) is 14.2. The van der Waals surface area contributed by atoms with Crippen molar-refractivity contribution >= 4 is 34.6 Å². The molecule has 0 unspecified atom stereocenters. The summed E-state index contributed by atoms with van der Waals surface area (Å²) in [6, 6.07) is 19.1. The van der Waals surface area contributed by atoms with E-state index in [1.807, 2.05) is 67.6 Å². The van der Waals surface area contributed by atoms with Crippen LogP contribution in [0, 0.1) is 14.9 Å². The monoisotopic (exact) mass is 402 g/mol. The number of nitrogens with zero attached hydrogens (tertiary/aromatic N) is 1. The average Bonchev–Trinajstić information content (AvgIpc) is 2.55. The van der Waals surface area contributed by atoms with Crippen LogP contribution in [0.3, 0.4) is 0 Å². The van der Waals surface area contributed by atoms with Crippen LogP contribution in [0.15, 0.2) is 60.2 Å². The van der Waals surface area contributed by atoms with Crippen LogP contribution in [0.2, 0.25) is 0 Å². The maximum absolute atomic E-state index is 12.2. The van der Waals surface area contributed by atoms with Crippen LogP contribution in [-0.2, 0) is 4.79 Å². The van der Waals surface area contributed by atoms with E-state index in [9.17, 15) is 10.1 Å². The highest BCUT2D eigenvalue weighted by atomic mass is 127. The van der Waals surface area contributed by atoms with Gasteiger partial charge in [-0.3, -0.25) is 4.79 Å². The SMILES string of the molecule is C[C@@H](NC(=O)/C(C#N)=C\c1ccc(I)cc1)c1ccccc1. The molecule has 0 radical (unpaired) electrons. The van der Waals surface area contributed by atoms with Gasteiger partial charge in [-0.25, -0.2) is 0 Å². The van der Waals surface area contributed by atoms with Gasteiger partial charge in [0.25, 0.3) is 5.91 Å². The topological polar surface area (TPSA) is 52.9 Å². The molecule has 0 heterocycles. The van der Waals surface area contributed by atoms with Gasteiger partial charge in [-0.1, -0.05) is 42.5 Å². The molecular weight excluding hydrogens is 387 g/mol. The molecule has 110 valence electrons. The number of carbonyl (C=O) groups excluding carboxylic acids is 1. The lowest BCUT2D eigenvalue weighted by atomic mass is 10.1. The Morgan fingerprint density at radius 2 is 1.82 bits per heavy atom.